The van der Waals surface area contributed by atoms with Crippen molar-refractivity contribution in [3.8, 4) is 0 Å². The number of rotatable bonds is 3. The van der Waals surface area contributed by atoms with Crippen molar-refractivity contribution < 1.29 is 24.9 Å². The Morgan fingerprint density at radius 1 is 1.25 bits per heavy atom. The Kier molecular flexibility index (Phi) is 4.77. The van der Waals surface area contributed by atoms with Crippen LogP contribution in [0.5, 0.6) is 0 Å². The van der Waals surface area contributed by atoms with Crippen LogP contribution in [0, 0.1) is 29.1 Å². The average molecular weight is 386 g/mol. The maximum Gasteiger partial charge on any atom is 0.328 e. The van der Waals surface area contributed by atoms with Crippen LogP contribution in [-0.4, -0.2) is 32.7 Å². The number of carbonyl (C=O) groups excluding carboxylic acids is 1. The molecule has 3 fully saturated rings. The topological polar surface area (TPSA) is 94.8 Å². The van der Waals surface area contributed by atoms with Crippen LogP contribution in [0.1, 0.15) is 58.3 Å². The molecular weight excluding hydrogens is 356 g/mol. The minimum Gasteiger partial charge on any atom is -0.515 e. The van der Waals surface area contributed by atoms with Gasteiger partial charge in [0.2, 0.25) is 0 Å². The van der Waals surface area contributed by atoms with Gasteiger partial charge in [-0.25, -0.2) is 4.79 Å². The first-order chi connectivity index (χ1) is 13.3. The largest absolute Gasteiger partial charge is 0.515 e. The number of carboxylic acid groups (broad SMARTS) is 1. The monoisotopic (exact) mass is 386 g/mol. The van der Waals surface area contributed by atoms with Crippen molar-refractivity contribution >= 4 is 11.8 Å². The quantitative estimate of drug-likeness (QED) is 0.504. The lowest BCUT2D eigenvalue weighted by Gasteiger charge is -2.56. The summed E-state index contributed by atoms with van der Waals surface area (Å²) >= 11 is 0. The summed E-state index contributed by atoms with van der Waals surface area (Å²) in [7, 11) is 0. The zero-order valence-electron chi connectivity index (χ0n) is 16.4. The summed E-state index contributed by atoms with van der Waals surface area (Å²) in [5.41, 5.74) is 0.509. The predicted octanol–water partition coefficient (Wildman–Crippen LogP) is 3.94. The van der Waals surface area contributed by atoms with Crippen molar-refractivity contribution in [2.24, 2.45) is 29.1 Å². The van der Waals surface area contributed by atoms with E-state index in [-0.39, 0.29) is 11.2 Å². The van der Waals surface area contributed by atoms with Gasteiger partial charge in [0.05, 0.1) is 11.9 Å². The van der Waals surface area contributed by atoms with E-state index in [1.165, 1.54) is 12.3 Å². The Morgan fingerprint density at radius 2 is 2.04 bits per heavy atom. The first-order valence-corrected chi connectivity index (χ1v) is 10.6. The van der Waals surface area contributed by atoms with E-state index in [0.717, 1.165) is 55.7 Å². The number of hydrogen-bond donors (Lipinski definition) is 3. The Labute approximate surface area is 165 Å². The van der Waals surface area contributed by atoms with Gasteiger partial charge in [0.15, 0.2) is 5.78 Å². The smallest absolute Gasteiger partial charge is 0.328 e. The third-order valence-electron chi connectivity index (χ3n) is 8.45. The molecule has 0 aromatic heterocycles. The third kappa shape index (κ3) is 2.70. The summed E-state index contributed by atoms with van der Waals surface area (Å²) < 4.78 is 0. The predicted molar refractivity (Wildman–Crippen MR) is 105 cm³/mol. The summed E-state index contributed by atoms with van der Waals surface area (Å²) in [5, 5.41) is 30.5. The van der Waals surface area contributed by atoms with Crippen LogP contribution >= 0.6 is 0 Å². The molecule has 0 saturated heterocycles. The summed E-state index contributed by atoms with van der Waals surface area (Å²) in [5.74, 6) is 0.563. The molecule has 152 valence electrons. The van der Waals surface area contributed by atoms with Crippen LogP contribution in [0.2, 0.25) is 0 Å². The Hall–Kier alpha value is -1.88. The normalized spacial score (nSPS) is 44.1. The molecule has 4 aliphatic rings. The van der Waals surface area contributed by atoms with Crippen LogP contribution in [0.15, 0.2) is 35.6 Å². The van der Waals surface area contributed by atoms with E-state index in [2.05, 4.69) is 6.92 Å². The van der Waals surface area contributed by atoms with E-state index < -0.39 is 11.6 Å². The van der Waals surface area contributed by atoms with Crippen molar-refractivity contribution in [3.05, 3.63) is 35.6 Å². The molecule has 4 rings (SSSR count). The molecule has 0 unspecified atom stereocenters. The number of carboxylic acids is 1. The van der Waals surface area contributed by atoms with Crippen molar-refractivity contribution in [1.29, 1.82) is 0 Å². The number of aliphatic hydroxyl groups excluding tert-OH is 1. The van der Waals surface area contributed by atoms with E-state index >= 15 is 0 Å². The Balaban J connectivity index is 1.71. The number of hydrogen-bond acceptors (Lipinski definition) is 4. The summed E-state index contributed by atoms with van der Waals surface area (Å²) in [6.07, 6.45) is 11.8. The summed E-state index contributed by atoms with van der Waals surface area (Å²) in [4.78, 5) is 23.0. The molecule has 0 aromatic rings. The molecule has 0 amide bonds. The highest BCUT2D eigenvalue weighted by atomic mass is 16.4. The SMILES string of the molecule is CC[C@]12CC[C@H]3[C@@H](CC(=CO)C4=CC(=O)CC[C@@H]43)[C@@H]1CC[C@@]2(O)/C=C\C(=O)O. The second-order valence-corrected chi connectivity index (χ2v) is 9.19. The lowest BCUT2D eigenvalue weighted by Crippen LogP contribution is -2.53. The molecular formula is C23H30O5. The van der Waals surface area contributed by atoms with Crippen LogP contribution in [0.25, 0.3) is 0 Å². The molecule has 3 saturated carbocycles. The van der Waals surface area contributed by atoms with Gasteiger partial charge in [-0.15, -0.1) is 0 Å². The van der Waals surface area contributed by atoms with Crippen LogP contribution in [0.3, 0.4) is 0 Å². The summed E-state index contributed by atoms with van der Waals surface area (Å²) in [6, 6.07) is 0. The van der Waals surface area contributed by atoms with Crippen molar-refractivity contribution in [3.63, 3.8) is 0 Å². The van der Waals surface area contributed by atoms with Crippen molar-refractivity contribution in [1.82, 2.24) is 0 Å². The highest BCUT2D eigenvalue weighted by Crippen LogP contribution is 2.67. The lowest BCUT2D eigenvalue weighted by atomic mass is 9.49. The van der Waals surface area contributed by atoms with Crippen LogP contribution in [0.4, 0.5) is 0 Å². The zero-order valence-corrected chi connectivity index (χ0v) is 16.4. The minimum absolute atomic E-state index is 0.150. The van der Waals surface area contributed by atoms with Crippen molar-refractivity contribution in [2.45, 2.75) is 63.9 Å². The van der Waals surface area contributed by atoms with Gasteiger partial charge in [0, 0.05) is 17.9 Å². The minimum atomic E-state index is -1.09. The average Bonchev–Trinajstić information content (AvgIpc) is 2.99. The molecule has 28 heavy (non-hydrogen) atoms. The lowest BCUT2D eigenvalue weighted by molar-refractivity contribution is -0.132. The number of aliphatic hydroxyl groups is 2. The van der Waals surface area contributed by atoms with Gasteiger partial charge in [-0.05, 0) is 91.9 Å². The number of fused-ring (bicyclic) bond motifs is 5. The molecule has 0 heterocycles. The first kappa shape index (κ1) is 19.4. The fraction of sp³-hybridized carbons (Fsp3) is 0.652. The maximum atomic E-state index is 12.0. The van der Waals surface area contributed by atoms with E-state index in [9.17, 15) is 19.8 Å². The van der Waals surface area contributed by atoms with Crippen LogP contribution in [-0.2, 0) is 9.59 Å². The van der Waals surface area contributed by atoms with E-state index in [0.29, 0.717) is 36.5 Å². The first-order valence-electron chi connectivity index (χ1n) is 10.6. The number of allylic oxidation sites excluding steroid dienone is 2. The molecule has 5 nitrogen and oxygen atoms in total. The van der Waals surface area contributed by atoms with Gasteiger partial charge < -0.3 is 15.3 Å². The summed E-state index contributed by atoms with van der Waals surface area (Å²) in [6.45, 7) is 2.11. The molecule has 4 aliphatic carbocycles. The Morgan fingerprint density at radius 3 is 2.71 bits per heavy atom. The zero-order chi connectivity index (χ0) is 20.1. The second kappa shape index (κ2) is 6.87. The van der Waals surface area contributed by atoms with E-state index in [4.69, 9.17) is 5.11 Å². The van der Waals surface area contributed by atoms with Gasteiger partial charge in [-0.1, -0.05) is 6.92 Å². The standard InChI is InChI=1S/C23H30O5/c1-2-22-8-5-17-16-4-3-15(25)12-18(16)14(13-24)11-19(17)20(22)6-9-23(22,28)10-7-21(26)27/h7,10,12-13,16-17,19-20,24,28H,2-6,8-9,11H2,1H3,(H,26,27)/b10-7-,14-13?/t16-,17-,19-,20+,22+,23-/m1/s1. The van der Waals surface area contributed by atoms with Crippen LogP contribution < -0.4 is 0 Å². The third-order valence-corrected chi connectivity index (χ3v) is 8.45. The van der Waals surface area contributed by atoms with E-state index in [1.54, 1.807) is 6.08 Å². The number of ketones is 1. The molecule has 0 spiro atoms. The van der Waals surface area contributed by atoms with Gasteiger partial charge in [-0.3, -0.25) is 4.79 Å². The van der Waals surface area contributed by atoms with Crippen molar-refractivity contribution in [2.75, 3.05) is 0 Å². The molecule has 5 heteroatoms. The Bertz CT molecular complexity index is 778. The van der Waals surface area contributed by atoms with E-state index in [1.807, 2.05) is 0 Å². The fourth-order valence-electron chi connectivity index (χ4n) is 7.26. The van der Waals surface area contributed by atoms with Gasteiger partial charge in [-0.2, -0.15) is 0 Å². The number of carbonyl (C=O) groups is 2. The van der Waals surface area contributed by atoms with Gasteiger partial charge in [0.25, 0.3) is 0 Å². The molecule has 0 bridgehead atoms. The molecule has 3 N–H and O–H groups in total. The molecule has 0 aliphatic heterocycles. The van der Waals surface area contributed by atoms with Gasteiger partial charge >= 0.3 is 5.97 Å². The number of aliphatic carboxylic acids is 1. The molecule has 6 atom stereocenters. The fourth-order valence-corrected chi connectivity index (χ4v) is 7.26. The second-order valence-electron chi connectivity index (χ2n) is 9.19. The highest BCUT2D eigenvalue weighted by Gasteiger charge is 2.63. The molecule has 0 radical (unpaired) electrons. The highest BCUT2D eigenvalue weighted by molar-refractivity contribution is 5.92. The van der Waals surface area contributed by atoms with Gasteiger partial charge in [0.1, 0.15) is 0 Å². The maximum absolute atomic E-state index is 12.0. The molecule has 0 aromatic carbocycles.